The molecule has 2 N–H and O–H groups in total. The number of likely N-dealkylation sites (N-methyl/N-ethyl adjacent to an activating group) is 1. The van der Waals surface area contributed by atoms with Gasteiger partial charge in [0.1, 0.15) is 0 Å². The zero-order valence-corrected chi connectivity index (χ0v) is 13.2. The molecule has 112 valence electrons. The van der Waals surface area contributed by atoms with Crippen LogP contribution in [0.5, 0.6) is 0 Å². The van der Waals surface area contributed by atoms with Gasteiger partial charge in [-0.1, -0.05) is 26.7 Å². The molecule has 0 aromatic heterocycles. The average Bonchev–Trinajstić information content (AvgIpc) is 2.64. The predicted molar refractivity (Wildman–Crippen MR) is 80.2 cm³/mol. The van der Waals surface area contributed by atoms with E-state index in [4.69, 9.17) is 0 Å². The molecule has 0 saturated heterocycles. The number of hydrogen-bond donors (Lipinski definition) is 2. The van der Waals surface area contributed by atoms with Gasteiger partial charge in [0.2, 0.25) is 0 Å². The molecule has 3 heteroatoms. The molecule has 0 radical (unpaired) electrons. The third-order valence-electron chi connectivity index (χ3n) is 5.57. The highest BCUT2D eigenvalue weighted by molar-refractivity contribution is 4.97. The van der Waals surface area contributed by atoms with Crippen molar-refractivity contribution in [2.75, 3.05) is 20.6 Å². The summed E-state index contributed by atoms with van der Waals surface area (Å²) in [6.07, 6.45) is 7.13. The first kappa shape index (κ1) is 15.3. The molecule has 0 amide bonds. The molecule has 0 bridgehead atoms. The molecule has 0 heterocycles. The molecule has 3 nitrogen and oxygen atoms in total. The fourth-order valence-corrected chi connectivity index (χ4v) is 4.45. The third-order valence-corrected chi connectivity index (χ3v) is 5.57. The lowest BCUT2D eigenvalue weighted by atomic mass is 9.84. The standard InChI is InChI=1S/C16H32N2O/c1-16(2)10-9-12(15(16)17-3)11-18(4)13-7-5-6-8-14(13)19/h12-15,17,19H,5-11H2,1-4H3. The van der Waals surface area contributed by atoms with Crippen LogP contribution >= 0.6 is 0 Å². The quantitative estimate of drug-likeness (QED) is 0.821. The molecule has 2 aliphatic rings. The molecular weight excluding hydrogens is 236 g/mol. The lowest BCUT2D eigenvalue weighted by Gasteiger charge is -2.38. The summed E-state index contributed by atoms with van der Waals surface area (Å²) in [4.78, 5) is 2.43. The Bertz CT molecular complexity index is 292. The van der Waals surface area contributed by atoms with Crippen LogP contribution in [-0.2, 0) is 0 Å². The summed E-state index contributed by atoms with van der Waals surface area (Å²) in [7, 11) is 4.30. The van der Waals surface area contributed by atoms with E-state index in [0.29, 0.717) is 17.5 Å². The van der Waals surface area contributed by atoms with Crippen molar-refractivity contribution < 1.29 is 5.11 Å². The summed E-state index contributed by atoms with van der Waals surface area (Å²) in [6.45, 7) is 5.88. The Hall–Kier alpha value is -0.120. The van der Waals surface area contributed by atoms with Crippen molar-refractivity contribution >= 4 is 0 Å². The summed E-state index contributed by atoms with van der Waals surface area (Å²) in [6, 6.07) is 0.991. The van der Waals surface area contributed by atoms with Gasteiger partial charge in [0.15, 0.2) is 0 Å². The van der Waals surface area contributed by atoms with Crippen LogP contribution in [0.1, 0.15) is 52.4 Å². The van der Waals surface area contributed by atoms with Crippen LogP contribution in [0.4, 0.5) is 0 Å². The molecule has 2 rings (SSSR count). The molecule has 2 aliphatic carbocycles. The lowest BCUT2D eigenvalue weighted by molar-refractivity contribution is 0.0232. The fourth-order valence-electron chi connectivity index (χ4n) is 4.45. The summed E-state index contributed by atoms with van der Waals surface area (Å²) in [5.41, 5.74) is 0.408. The van der Waals surface area contributed by atoms with Gasteiger partial charge in [0, 0.05) is 18.6 Å². The molecule has 0 aliphatic heterocycles. The van der Waals surface area contributed by atoms with Crippen molar-refractivity contribution in [3.8, 4) is 0 Å². The Labute approximate surface area is 118 Å². The molecule has 0 aromatic rings. The molecule has 0 spiro atoms. The maximum Gasteiger partial charge on any atom is 0.0695 e. The van der Waals surface area contributed by atoms with E-state index >= 15 is 0 Å². The van der Waals surface area contributed by atoms with Crippen molar-refractivity contribution in [2.45, 2.75) is 70.6 Å². The first-order chi connectivity index (χ1) is 8.95. The second-order valence-electron chi connectivity index (χ2n) is 7.41. The summed E-state index contributed by atoms with van der Waals surface area (Å²) in [5.74, 6) is 0.721. The van der Waals surface area contributed by atoms with Gasteiger partial charge < -0.3 is 15.3 Å². The molecule has 19 heavy (non-hydrogen) atoms. The molecule has 2 saturated carbocycles. The van der Waals surface area contributed by atoms with E-state index in [9.17, 15) is 5.11 Å². The van der Waals surface area contributed by atoms with Gasteiger partial charge >= 0.3 is 0 Å². The Morgan fingerprint density at radius 3 is 2.53 bits per heavy atom. The number of aliphatic hydroxyl groups excluding tert-OH is 1. The minimum Gasteiger partial charge on any atom is -0.391 e. The van der Waals surface area contributed by atoms with Crippen molar-refractivity contribution in [1.29, 1.82) is 0 Å². The van der Waals surface area contributed by atoms with Gasteiger partial charge in [0.25, 0.3) is 0 Å². The maximum atomic E-state index is 10.2. The monoisotopic (exact) mass is 268 g/mol. The number of hydrogen-bond acceptors (Lipinski definition) is 3. The largest absolute Gasteiger partial charge is 0.391 e. The Morgan fingerprint density at radius 2 is 1.89 bits per heavy atom. The van der Waals surface area contributed by atoms with Crippen LogP contribution in [-0.4, -0.2) is 48.8 Å². The maximum absolute atomic E-state index is 10.2. The Balaban J connectivity index is 1.93. The summed E-state index contributed by atoms with van der Waals surface area (Å²) < 4.78 is 0. The zero-order chi connectivity index (χ0) is 14.0. The van der Waals surface area contributed by atoms with Crippen LogP contribution in [0.25, 0.3) is 0 Å². The summed E-state index contributed by atoms with van der Waals surface area (Å²) in [5, 5.41) is 13.7. The van der Waals surface area contributed by atoms with E-state index in [0.717, 1.165) is 25.3 Å². The van der Waals surface area contributed by atoms with Gasteiger partial charge in [-0.3, -0.25) is 0 Å². The highest BCUT2D eigenvalue weighted by atomic mass is 16.3. The van der Waals surface area contributed by atoms with Gasteiger partial charge in [-0.05, 0) is 51.1 Å². The van der Waals surface area contributed by atoms with Crippen LogP contribution in [0, 0.1) is 11.3 Å². The fraction of sp³-hybridized carbons (Fsp3) is 1.00. The van der Waals surface area contributed by atoms with Crippen LogP contribution in [0.15, 0.2) is 0 Å². The first-order valence-electron chi connectivity index (χ1n) is 8.01. The van der Waals surface area contributed by atoms with Crippen molar-refractivity contribution in [3.05, 3.63) is 0 Å². The van der Waals surface area contributed by atoms with Crippen molar-refractivity contribution in [1.82, 2.24) is 10.2 Å². The Morgan fingerprint density at radius 1 is 1.21 bits per heavy atom. The second-order valence-corrected chi connectivity index (χ2v) is 7.41. The number of nitrogens with one attached hydrogen (secondary N) is 1. The van der Waals surface area contributed by atoms with Crippen LogP contribution < -0.4 is 5.32 Å². The van der Waals surface area contributed by atoms with Gasteiger partial charge in [-0.15, -0.1) is 0 Å². The lowest BCUT2D eigenvalue weighted by Crippen LogP contribution is -2.49. The summed E-state index contributed by atoms with van der Waals surface area (Å²) >= 11 is 0. The number of nitrogens with zero attached hydrogens (tertiary/aromatic N) is 1. The topological polar surface area (TPSA) is 35.5 Å². The van der Waals surface area contributed by atoms with E-state index in [2.05, 4.69) is 38.2 Å². The van der Waals surface area contributed by atoms with Crippen LogP contribution in [0.3, 0.4) is 0 Å². The third kappa shape index (κ3) is 3.32. The van der Waals surface area contributed by atoms with Gasteiger partial charge in [-0.25, -0.2) is 0 Å². The molecular formula is C16H32N2O. The van der Waals surface area contributed by atoms with E-state index in [1.165, 1.54) is 25.7 Å². The molecule has 4 unspecified atom stereocenters. The Kier molecular flexibility index (Phi) is 4.91. The predicted octanol–water partition coefficient (Wildman–Crippen LogP) is 2.25. The van der Waals surface area contributed by atoms with E-state index in [1.54, 1.807) is 0 Å². The highest BCUT2D eigenvalue weighted by Crippen LogP contribution is 2.41. The highest BCUT2D eigenvalue weighted by Gasteiger charge is 2.42. The minimum atomic E-state index is -0.110. The van der Waals surface area contributed by atoms with Crippen LogP contribution in [0.2, 0.25) is 0 Å². The van der Waals surface area contributed by atoms with Crippen molar-refractivity contribution in [2.24, 2.45) is 11.3 Å². The zero-order valence-electron chi connectivity index (χ0n) is 13.2. The normalized spacial score (nSPS) is 38.8. The van der Waals surface area contributed by atoms with E-state index in [1.807, 2.05) is 0 Å². The van der Waals surface area contributed by atoms with Gasteiger partial charge in [0.05, 0.1) is 6.10 Å². The SMILES string of the molecule is CNC1C(CN(C)C2CCCCC2O)CCC1(C)C. The van der Waals surface area contributed by atoms with E-state index < -0.39 is 0 Å². The molecule has 2 fully saturated rings. The molecule has 0 aromatic carbocycles. The van der Waals surface area contributed by atoms with E-state index in [-0.39, 0.29) is 6.10 Å². The molecule has 4 atom stereocenters. The number of aliphatic hydroxyl groups is 1. The van der Waals surface area contributed by atoms with Gasteiger partial charge in [-0.2, -0.15) is 0 Å². The second kappa shape index (κ2) is 6.11. The average molecular weight is 268 g/mol. The first-order valence-corrected chi connectivity index (χ1v) is 8.01. The minimum absolute atomic E-state index is 0.110. The van der Waals surface area contributed by atoms with Crippen molar-refractivity contribution in [3.63, 3.8) is 0 Å². The smallest absolute Gasteiger partial charge is 0.0695 e. The number of rotatable bonds is 4.